The zero-order valence-electron chi connectivity index (χ0n) is 17.7. The van der Waals surface area contributed by atoms with Gasteiger partial charge in [0.05, 0.1) is 24.3 Å². The molecule has 7 nitrogen and oxygen atoms in total. The quantitative estimate of drug-likeness (QED) is 0.805. The van der Waals surface area contributed by atoms with Crippen molar-refractivity contribution in [1.82, 2.24) is 14.9 Å². The summed E-state index contributed by atoms with van der Waals surface area (Å²) in [6.07, 6.45) is 3.94. The number of benzene rings is 1. The Morgan fingerprint density at radius 2 is 1.94 bits per heavy atom. The molecule has 1 aromatic heterocycles. The number of hydrogen-bond donors (Lipinski definition) is 1. The summed E-state index contributed by atoms with van der Waals surface area (Å²) in [4.78, 5) is 25.5. The number of carbonyl (C=O) groups excluding carboxylic acids is 1. The Hall–Kier alpha value is -3.07. The number of likely N-dealkylation sites (tertiary alicyclic amines) is 1. The standard InChI is InChI=1S/C22H25F2N5O2/c1-22(2,3)19(25)20(30)28-10-7-16-18(28)17(12-29(16)21-26-8-4-9-27-21)31-13-5-6-14(23)15(24)11-13/h4-6,8-9,11,16,19H,7,10,12,25H2,1-3H3. The molecule has 3 heterocycles. The van der Waals surface area contributed by atoms with E-state index in [1.807, 2.05) is 25.7 Å². The Bertz CT molecular complexity index is 1020. The van der Waals surface area contributed by atoms with Gasteiger partial charge in [0.25, 0.3) is 0 Å². The van der Waals surface area contributed by atoms with Crippen LogP contribution in [-0.4, -0.2) is 45.9 Å². The van der Waals surface area contributed by atoms with Crippen molar-refractivity contribution in [2.24, 2.45) is 11.1 Å². The molecule has 1 saturated heterocycles. The number of rotatable bonds is 4. The number of carbonyl (C=O) groups is 1. The first-order valence-electron chi connectivity index (χ1n) is 10.1. The zero-order valence-corrected chi connectivity index (χ0v) is 17.7. The Balaban J connectivity index is 1.71. The van der Waals surface area contributed by atoms with Crippen LogP contribution in [0.4, 0.5) is 14.7 Å². The van der Waals surface area contributed by atoms with Gasteiger partial charge in [0.15, 0.2) is 11.6 Å². The van der Waals surface area contributed by atoms with E-state index in [1.54, 1.807) is 23.4 Å². The van der Waals surface area contributed by atoms with E-state index < -0.39 is 23.1 Å². The normalized spacial score (nSPS) is 19.6. The van der Waals surface area contributed by atoms with Gasteiger partial charge in [0, 0.05) is 25.0 Å². The highest BCUT2D eigenvalue weighted by Crippen LogP contribution is 2.39. The molecule has 2 N–H and O–H groups in total. The van der Waals surface area contributed by atoms with Crippen LogP contribution in [0.3, 0.4) is 0 Å². The van der Waals surface area contributed by atoms with Crippen LogP contribution in [0.2, 0.25) is 0 Å². The van der Waals surface area contributed by atoms with Crippen molar-refractivity contribution in [3.05, 3.63) is 59.7 Å². The van der Waals surface area contributed by atoms with Crippen molar-refractivity contribution >= 4 is 11.9 Å². The van der Waals surface area contributed by atoms with Crippen molar-refractivity contribution in [2.75, 3.05) is 18.0 Å². The van der Waals surface area contributed by atoms with Crippen LogP contribution >= 0.6 is 0 Å². The van der Waals surface area contributed by atoms with Gasteiger partial charge in [-0.25, -0.2) is 18.7 Å². The van der Waals surface area contributed by atoms with Crippen molar-refractivity contribution in [2.45, 2.75) is 39.3 Å². The first kappa shape index (κ1) is 21.2. The minimum Gasteiger partial charge on any atom is -0.458 e. The van der Waals surface area contributed by atoms with Crippen LogP contribution < -0.4 is 15.4 Å². The van der Waals surface area contributed by atoms with E-state index in [-0.39, 0.29) is 24.2 Å². The van der Waals surface area contributed by atoms with Gasteiger partial charge >= 0.3 is 0 Å². The van der Waals surface area contributed by atoms with Gasteiger partial charge in [0.1, 0.15) is 11.5 Å². The fourth-order valence-electron chi connectivity index (χ4n) is 3.86. The van der Waals surface area contributed by atoms with Crippen LogP contribution in [-0.2, 0) is 4.79 Å². The molecule has 0 saturated carbocycles. The van der Waals surface area contributed by atoms with Gasteiger partial charge in [0.2, 0.25) is 11.9 Å². The van der Waals surface area contributed by atoms with E-state index in [2.05, 4.69) is 9.97 Å². The third-order valence-electron chi connectivity index (χ3n) is 5.61. The van der Waals surface area contributed by atoms with E-state index in [0.717, 1.165) is 12.1 Å². The maximum absolute atomic E-state index is 13.7. The molecule has 1 fully saturated rings. The maximum atomic E-state index is 13.7. The van der Waals surface area contributed by atoms with Gasteiger partial charge in [-0.15, -0.1) is 0 Å². The maximum Gasteiger partial charge on any atom is 0.244 e. The topological polar surface area (TPSA) is 84.6 Å². The third kappa shape index (κ3) is 3.97. The Morgan fingerprint density at radius 1 is 1.23 bits per heavy atom. The molecule has 2 aromatic rings. The average Bonchev–Trinajstić information content (AvgIpc) is 3.31. The lowest BCUT2D eigenvalue weighted by Crippen LogP contribution is -2.49. The fourth-order valence-corrected chi connectivity index (χ4v) is 3.86. The lowest BCUT2D eigenvalue weighted by Gasteiger charge is -2.30. The Morgan fingerprint density at radius 3 is 2.58 bits per heavy atom. The highest BCUT2D eigenvalue weighted by Gasteiger charge is 2.46. The summed E-state index contributed by atoms with van der Waals surface area (Å²) in [5.41, 5.74) is 6.50. The Kier molecular flexibility index (Phi) is 5.38. The number of nitrogens with two attached hydrogens (primary N) is 1. The molecule has 31 heavy (non-hydrogen) atoms. The summed E-state index contributed by atoms with van der Waals surface area (Å²) < 4.78 is 33.0. The highest BCUT2D eigenvalue weighted by atomic mass is 19.2. The van der Waals surface area contributed by atoms with E-state index in [1.165, 1.54) is 6.07 Å². The molecule has 2 aliphatic heterocycles. The molecule has 2 aliphatic rings. The SMILES string of the molecule is CC(C)(C)C(N)C(=O)N1CCC2C1=C(Oc1ccc(F)c(F)c1)CN2c1ncccn1. The molecule has 4 rings (SSSR count). The molecular weight excluding hydrogens is 404 g/mol. The first-order valence-corrected chi connectivity index (χ1v) is 10.1. The molecule has 1 aromatic carbocycles. The van der Waals surface area contributed by atoms with Crippen LogP contribution in [0, 0.1) is 17.0 Å². The molecular formula is C22H25F2N5O2. The summed E-state index contributed by atoms with van der Waals surface area (Å²) in [5.74, 6) is -1.04. The monoisotopic (exact) mass is 429 g/mol. The molecule has 2 atom stereocenters. The molecule has 2 unspecified atom stereocenters. The number of hydrogen-bond acceptors (Lipinski definition) is 6. The number of anilines is 1. The second-order valence-electron chi connectivity index (χ2n) is 8.80. The summed E-state index contributed by atoms with van der Waals surface area (Å²) in [7, 11) is 0. The summed E-state index contributed by atoms with van der Waals surface area (Å²) in [5, 5.41) is 0. The van der Waals surface area contributed by atoms with E-state index >= 15 is 0 Å². The number of halogens is 2. The lowest BCUT2D eigenvalue weighted by molar-refractivity contribution is -0.132. The molecule has 9 heteroatoms. The van der Waals surface area contributed by atoms with Crippen LogP contribution in [0.15, 0.2) is 48.1 Å². The van der Waals surface area contributed by atoms with Crippen molar-refractivity contribution in [1.29, 1.82) is 0 Å². The van der Waals surface area contributed by atoms with Crippen LogP contribution in [0.5, 0.6) is 5.75 Å². The molecule has 164 valence electrons. The van der Waals surface area contributed by atoms with Gasteiger partial charge in [-0.1, -0.05) is 20.8 Å². The smallest absolute Gasteiger partial charge is 0.244 e. The Labute approximate surface area is 179 Å². The average molecular weight is 429 g/mol. The molecule has 0 spiro atoms. The second kappa shape index (κ2) is 7.88. The number of ether oxygens (including phenoxy) is 1. The van der Waals surface area contributed by atoms with E-state index in [9.17, 15) is 13.6 Å². The fraction of sp³-hybridized carbons (Fsp3) is 0.409. The summed E-state index contributed by atoms with van der Waals surface area (Å²) in [6, 6.07) is 4.18. The molecule has 1 amide bonds. The van der Waals surface area contributed by atoms with E-state index in [4.69, 9.17) is 10.5 Å². The number of aromatic nitrogens is 2. The number of fused-ring (bicyclic) bond motifs is 1. The zero-order chi connectivity index (χ0) is 22.3. The van der Waals surface area contributed by atoms with Gasteiger partial charge in [-0.2, -0.15) is 0 Å². The number of nitrogens with zero attached hydrogens (tertiary/aromatic N) is 4. The molecule has 0 aliphatic carbocycles. The highest BCUT2D eigenvalue weighted by molar-refractivity contribution is 5.85. The third-order valence-corrected chi connectivity index (χ3v) is 5.61. The van der Waals surface area contributed by atoms with Gasteiger partial charge in [-0.3, -0.25) is 4.79 Å². The first-order chi connectivity index (χ1) is 14.7. The second-order valence-corrected chi connectivity index (χ2v) is 8.80. The van der Waals surface area contributed by atoms with Crippen LogP contribution in [0.25, 0.3) is 0 Å². The summed E-state index contributed by atoms with van der Waals surface area (Å²) >= 11 is 0. The number of amides is 1. The van der Waals surface area contributed by atoms with Crippen molar-refractivity contribution < 1.29 is 18.3 Å². The minimum atomic E-state index is -1.00. The van der Waals surface area contributed by atoms with Crippen molar-refractivity contribution in [3.8, 4) is 5.75 Å². The van der Waals surface area contributed by atoms with Gasteiger partial charge < -0.3 is 20.3 Å². The largest absolute Gasteiger partial charge is 0.458 e. The molecule has 0 bridgehead atoms. The van der Waals surface area contributed by atoms with E-state index in [0.29, 0.717) is 30.4 Å². The molecule has 0 radical (unpaired) electrons. The minimum absolute atomic E-state index is 0.149. The van der Waals surface area contributed by atoms with Crippen molar-refractivity contribution in [3.63, 3.8) is 0 Å². The predicted molar refractivity (Wildman–Crippen MR) is 111 cm³/mol. The lowest BCUT2D eigenvalue weighted by atomic mass is 9.86. The predicted octanol–water partition coefficient (Wildman–Crippen LogP) is 2.84. The van der Waals surface area contributed by atoms with Gasteiger partial charge in [-0.05, 0) is 30.0 Å². The summed E-state index contributed by atoms with van der Waals surface area (Å²) in [6.45, 7) is 6.49. The van der Waals surface area contributed by atoms with Crippen LogP contribution in [0.1, 0.15) is 27.2 Å².